The van der Waals surface area contributed by atoms with E-state index in [2.05, 4.69) is 0 Å². The van der Waals surface area contributed by atoms with E-state index in [1.54, 1.807) is 17.8 Å². The van der Waals surface area contributed by atoms with Crippen LogP contribution in [0.4, 0.5) is 0 Å². The fourth-order valence-electron chi connectivity index (χ4n) is 1.14. The number of hydrogen-bond donors (Lipinski definition) is 0. The average molecular weight is 284 g/mol. The van der Waals surface area contributed by atoms with Gasteiger partial charge in [-0.2, -0.15) is 0 Å². The third-order valence-corrected chi connectivity index (χ3v) is 4.01. The maximum Gasteiger partial charge on any atom is 0.0542 e. The molecule has 0 N–H and O–H groups in total. The first-order valence-electron chi connectivity index (χ1n) is 4.88. The summed E-state index contributed by atoms with van der Waals surface area (Å²) in [5.74, 6) is 1.82. The van der Waals surface area contributed by atoms with Gasteiger partial charge >= 0.3 is 0 Å². The topological polar surface area (TPSA) is 0 Å². The maximum atomic E-state index is 6.04. The quantitative estimate of drug-likeness (QED) is 0.378. The van der Waals surface area contributed by atoms with E-state index in [1.807, 2.05) is 12.1 Å². The minimum absolute atomic E-state index is 0.739. The molecule has 4 heteroatoms. The zero-order valence-electron chi connectivity index (χ0n) is 8.31. The molecule has 1 aromatic carbocycles. The standard InChI is InChI=1S/C11H13Cl3S/c12-6-2-1-3-7-15-11-8-9(13)4-5-10(11)14/h4-5,8H,1-3,6-7H2. The Balaban J connectivity index is 2.33. The summed E-state index contributed by atoms with van der Waals surface area (Å²) >= 11 is 19.3. The summed E-state index contributed by atoms with van der Waals surface area (Å²) in [4.78, 5) is 1.06. The van der Waals surface area contributed by atoms with Gasteiger partial charge in [0.05, 0.1) is 5.02 Å². The van der Waals surface area contributed by atoms with Crippen LogP contribution in [-0.2, 0) is 0 Å². The van der Waals surface area contributed by atoms with E-state index in [-0.39, 0.29) is 0 Å². The zero-order valence-corrected chi connectivity index (χ0v) is 11.4. The summed E-state index contributed by atoms with van der Waals surface area (Å²) in [6, 6.07) is 5.56. The van der Waals surface area contributed by atoms with Crippen molar-refractivity contribution in [1.29, 1.82) is 0 Å². The molecule has 0 aliphatic rings. The van der Waals surface area contributed by atoms with E-state index in [9.17, 15) is 0 Å². The molecule has 0 aromatic heterocycles. The monoisotopic (exact) mass is 282 g/mol. The minimum atomic E-state index is 0.739. The second-order valence-electron chi connectivity index (χ2n) is 3.17. The summed E-state index contributed by atoms with van der Waals surface area (Å²) in [5.41, 5.74) is 0. The molecule has 0 saturated carbocycles. The largest absolute Gasteiger partial charge is 0.127 e. The van der Waals surface area contributed by atoms with Crippen LogP contribution in [0.25, 0.3) is 0 Å². The van der Waals surface area contributed by atoms with E-state index < -0.39 is 0 Å². The van der Waals surface area contributed by atoms with Gasteiger partial charge in [-0.15, -0.1) is 23.4 Å². The fraction of sp³-hybridized carbons (Fsp3) is 0.455. The van der Waals surface area contributed by atoms with Gasteiger partial charge < -0.3 is 0 Å². The molecular weight excluding hydrogens is 271 g/mol. The molecule has 0 saturated heterocycles. The lowest BCUT2D eigenvalue weighted by atomic mass is 10.3. The smallest absolute Gasteiger partial charge is 0.0542 e. The van der Waals surface area contributed by atoms with Crippen molar-refractivity contribution in [2.24, 2.45) is 0 Å². The Morgan fingerprint density at radius 1 is 1.07 bits per heavy atom. The Hall–Kier alpha value is 0.440. The van der Waals surface area contributed by atoms with Crippen molar-refractivity contribution in [3.8, 4) is 0 Å². The van der Waals surface area contributed by atoms with Gasteiger partial charge in [0.15, 0.2) is 0 Å². The average Bonchev–Trinajstić information content (AvgIpc) is 2.23. The highest BCUT2D eigenvalue weighted by Crippen LogP contribution is 2.30. The van der Waals surface area contributed by atoms with E-state index in [0.717, 1.165) is 33.0 Å². The number of thioether (sulfide) groups is 1. The first kappa shape index (κ1) is 13.5. The molecule has 1 rings (SSSR count). The summed E-state index contributed by atoms with van der Waals surface area (Å²) < 4.78 is 0. The zero-order chi connectivity index (χ0) is 11.1. The van der Waals surface area contributed by atoms with Gasteiger partial charge in [0, 0.05) is 15.8 Å². The van der Waals surface area contributed by atoms with Gasteiger partial charge in [0.1, 0.15) is 0 Å². The molecule has 15 heavy (non-hydrogen) atoms. The van der Waals surface area contributed by atoms with E-state index >= 15 is 0 Å². The summed E-state index contributed by atoms with van der Waals surface area (Å²) in [5, 5.41) is 1.52. The van der Waals surface area contributed by atoms with Gasteiger partial charge in [-0.3, -0.25) is 0 Å². The first-order valence-corrected chi connectivity index (χ1v) is 7.15. The number of alkyl halides is 1. The van der Waals surface area contributed by atoms with Crippen LogP contribution >= 0.6 is 46.6 Å². The number of hydrogen-bond acceptors (Lipinski definition) is 1. The Labute approximate surface area is 110 Å². The third-order valence-electron chi connectivity index (χ3n) is 1.93. The molecule has 0 unspecified atom stereocenters. The molecule has 0 fully saturated rings. The molecule has 0 bridgehead atoms. The number of rotatable bonds is 6. The van der Waals surface area contributed by atoms with Crippen LogP contribution in [0.15, 0.2) is 23.1 Å². The molecule has 0 amide bonds. The highest BCUT2D eigenvalue weighted by molar-refractivity contribution is 7.99. The Morgan fingerprint density at radius 3 is 2.60 bits per heavy atom. The summed E-state index contributed by atoms with van der Waals surface area (Å²) in [6.45, 7) is 0. The van der Waals surface area contributed by atoms with Gasteiger partial charge in [-0.25, -0.2) is 0 Å². The predicted molar refractivity (Wildman–Crippen MR) is 71.8 cm³/mol. The van der Waals surface area contributed by atoms with Gasteiger partial charge in [0.2, 0.25) is 0 Å². The molecule has 0 atom stereocenters. The fourth-order valence-corrected chi connectivity index (χ4v) is 2.83. The lowest BCUT2D eigenvalue weighted by molar-refractivity contribution is 0.783. The lowest BCUT2D eigenvalue weighted by Crippen LogP contribution is -1.83. The Kier molecular flexibility index (Phi) is 6.91. The molecule has 0 heterocycles. The number of benzene rings is 1. The van der Waals surface area contributed by atoms with Crippen LogP contribution in [0, 0.1) is 0 Å². The van der Waals surface area contributed by atoms with E-state index in [0.29, 0.717) is 0 Å². The molecular formula is C11H13Cl3S. The molecule has 84 valence electrons. The van der Waals surface area contributed by atoms with Crippen molar-refractivity contribution in [3.63, 3.8) is 0 Å². The lowest BCUT2D eigenvalue weighted by Gasteiger charge is -2.04. The van der Waals surface area contributed by atoms with Gasteiger partial charge in [-0.05, 0) is 36.8 Å². The minimum Gasteiger partial charge on any atom is -0.127 e. The van der Waals surface area contributed by atoms with Crippen LogP contribution < -0.4 is 0 Å². The van der Waals surface area contributed by atoms with Gasteiger partial charge in [0.25, 0.3) is 0 Å². The SMILES string of the molecule is ClCCCCCSc1cc(Cl)ccc1Cl. The first-order chi connectivity index (χ1) is 7.24. The molecule has 1 aromatic rings. The summed E-state index contributed by atoms with van der Waals surface area (Å²) in [7, 11) is 0. The van der Waals surface area contributed by atoms with Crippen molar-refractivity contribution in [2.75, 3.05) is 11.6 Å². The van der Waals surface area contributed by atoms with Crippen LogP contribution in [0.5, 0.6) is 0 Å². The van der Waals surface area contributed by atoms with E-state index in [4.69, 9.17) is 34.8 Å². The third kappa shape index (κ3) is 5.35. The number of unbranched alkanes of at least 4 members (excludes halogenated alkanes) is 2. The normalized spacial score (nSPS) is 10.6. The Morgan fingerprint density at radius 2 is 1.87 bits per heavy atom. The van der Waals surface area contributed by atoms with Crippen molar-refractivity contribution in [1.82, 2.24) is 0 Å². The maximum absolute atomic E-state index is 6.04. The van der Waals surface area contributed by atoms with E-state index in [1.165, 1.54) is 12.8 Å². The van der Waals surface area contributed by atoms with Crippen molar-refractivity contribution in [2.45, 2.75) is 24.2 Å². The Bertz CT molecular complexity index is 302. The predicted octanol–water partition coefficient (Wildman–Crippen LogP) is 5.49. The van der Waals surface area contributed by atoms with Crippen LogP contribution in [-0.4, -0.2) is 11.6 Å². The van der Waals surface area contributed by atoms with Crippen molar-refractivity contribution < 1.29 is 0 Å². The second-order valence-corrected chi connectivity index (χ2v) is 5.53. The highest BCUT2D eigenvalue weighted by Gasteiger charge is 2.01. The van der Waals surface area contributed by atoms with Crippen molar-refractivity contribution in [3.05, 3.63) is 28.2 Å². The van der Waals surface area contributed by atoms with Crippen LogP contribution in [0.2, 0.25) is 10.0 Å². The van der Waals surface area contributed by atoms with Crippen molar-refractivity contribution >= 4 is 46.6 Å². The molecule has 0 aliphatic carbocycles. The number of halogens is 3. The summed E-state index contributed by atoms with van der Waals surface area (Å²) in [6.07, 6.45) is 3.43. The molecule has 0 aliphatic heterocycles. The molecule has 0 spiro atoms. The van der Waals surface area contributed by atoms with Crippen LogP contribution in [0.1, 0.15) is 19.3 Å². The molecule has 0 radical (unpaired) electrons. The second kappa shape index (κ2) is 7.67. The van der Waals surface area contributed by atoms with Gasteiger partial charge in [-0.1, -0.05) is 29.6 Å². The highest BCUT2D eigenvalue weighted by atomic mass is 35.5. The van der Waals surface area contributed by atoms with Crippen LogP contribution in [0.3, 0.4) is 0 Å². The molecule has 0 nitrogen and oxygen atoms in total.